The number of fused-ring (bicyclic) bond motifs is 1. The molecule has 6 rings (SSSR count). The molecule has 0 aliphatic carbocycles. The summed E-state index contributed by atoms with van der Waals surface area (Å²) < 4.78 is 21.3. The van der Waals surface area contributed by atoms with Gasteiger partial charge in [-0.3, -0.25) is 0 Å². The van der Waals surface area contributed by atoms with Gasteiger partial charge < -0.3 is 15.0 Å². The van der Waals surface area contributed by atoms with E-state index in [1.165, 1.54) is 18.5 Å². The van der Waals surface area contributed by atoms with Crippen molar-refractivity contribution in [1.82, 2.24) is 29.9 Å². The van der Waals surface area contributed by atoms with Crippen LogP contribution in [0, 0.1) is 11.7 Å². The lowest BCUT2D eigenvalue weighted by Gasteiger charge is -2.32. The van der Waals surface area contributed by atoms with Gasteiger partial charge in [-0.2, -0.15) is 0 Å². The highest BCUT2D eigenvalue weighted by Gasteiger charge is 2.22. The number of nitrogens with zero attached hydrogens (tertiary/aromatic N) is 6. The van der Waals surface area contributed by atoms with Gasteiger partial charge in [0.1, 0.15) is 36.0 Å². The maximum Gasteiger partial charge on any atom is 0.141 e. The Kier molecular flexibility index (Phi) is 8.30. The van der Waals surface area contributed by atoms with Crippen LogP contribution in [0.2, 0.25) is 5.02 Å². The SMILES string of the molecule is CC(C)CN1CCC(n2cc(-c3ccc4ncnc(Nc5ccc(OCc6cccc(F)c6)c(Cl)c5)c4c3)nn2)CC1. The lowest BCUT2D eigenvalue weighted by molar-refractivity contribution is 0.163. The summed E-state index contributed by atoms with van der Waals surface area (Å²) in [5.41, 5.74) is 4.05. The third kappa shape index (κ3) is 6.53. The maximum absolute atomic E-state index is 13.5. The van der Waals surface area contributed by atoms with Crippen molar-refractivity contribution in [3.63, 3.8) is 0 Å². The number of ether oxygens (including phenoxy) is 1. The lowest BCUT2D eigenvalue weighted by atomic mass is 10.0. The summed E-state index contributed by atoms with van der Waals surface area (Å²) in [5, 5.41) is 13.6. The smallest absolute Gasteiger partial charge is 0.141 e. The van der Waals surface area contributed by atoms with Crippen LogP contribution in [0.25, 0.3) is 22.2 Å². The summed E-state index contributed by atoms with van der Waals surface area (Å²) in [7, 11) is 0. The molecule has 0 amide bonds. The number of hydrogen-bond acceptors (Lipinski definition) is 7. The minimum absolute atomic E-state index is 0.214. The number of aromatic nitrogens is 5. The molecular formula is C32H33ClFN7O. The lowest BCUT2D eigenvalue weighted by Crippen LogP contribution is -2.37. The maximum atomic E-state index is 13.5. The Hall–Kier alpha value is -4.08. The Bertz CT molecular complexity index is 1680. The van der Waals surface area contributed by atoms with Crippen LogP contribution in [0.15, 0.2) is 73.2 Å². The molecule has 5 aromatic rings. The summed E-state index contributed by atoms with van der Waals surface area (Å²) in [6.07, 6.45) is 5.73. The van der Waals surface area contributed by atoms with Crippen molar-refractivity contribution in [3.8, 4) is 17.0 Å². The van der Waals surface area contributed by atoms with Gasteiger partial charge in [0.05, 0.1) is 22.8 Å². The fraction of sp³-hybridized carbons (Fsp3) is 0.312. The average Bonchev–Trinajstić information content (AvgIpc) is 3.47. The van der Waals surface area contributed by atoms with E-state index in [4.69, 9.17) is 16.3 Å². The van der Waals surface area contributed by atoms with Gasteiger partial charge in [0.2, 0.25) is 0 Å². The molecule has 1 N–H and O–H groups in total. The van der Waals surface area contributed by atoms with Crippen LogP contribution in [-0.4, -0.2) is 49.5 Å². The van der Waals surface area contributed by atoms with Gasteiger partial charge in [-0.25, -0.2) is 19.0 Å². The summed E-state index contributed by atoms with van der Waals surface area (Å²) in [4.78, 5) is 11.5. The number of likely N-dealkylation sites (tertiary alicyclic amines) is 1. The van der Waals surface area contributed by atoms with E-state index in [0.717, 1.165) is 65.9 Å². The first-order chi connectivity index (χ1) is 20.4. The van der Waals surface area contributed by atoms with Gasteiger partial charge in [-0.05, 0) is 66.8 Å². The van der Waals surface area contributed by atoms with Crippen molar-refractivity contribution in [3.05, 3.63) is 89.6 Å². The second-order valence-corrected chi connectivity index (χ2v) is 11.6. The minimum Gasteiger partial charge on any atom is -0.487 e. The van der Waals surface area contributed by atoms with Crippen LogP contribution < -0.4 is 10.1 Å². The van der Waals surface area contributed by atoms with Crippen LogP contribution in [0.4, 0.5) is 15.9 Å². The van der Waals surface area contributed by atoms with E-state index in [-0.39, 0.29) is 12.4 Å². The second kappa shape index (κ2) is 12.4. The predicted octanol–water partition coefficient (Wildman–Crippen LogP) is 7.30. The molecule has 216 valence electrons. The summed E-state index contributed by atoms with van der Waals surface area (Å²) in [6, 6.07) is 18.1. The largest absolute Gasteiger partial charge is 0.487 e. The molecule has 1 saturated heterocycles. The van der Waals surface area contributed by atoms with E-state index in [1.807, 2.05) is 35.1 Å². The molecule has 1 aliphatic rings. The topological polar surface area (TPSA) is 81.0 Å². The number of hydrogen-bond donors (Lipinski definition) is 1. The number of nitrogens with one attached hydrogen (secondary N) is 1. The van der Waals surface area contributed by atoms with Gasteiger partial charge in [0.15, 0.2) is 0 Å². The standard InChI is InChI=1S/C32H33ClFN7O/c1-21(2)17-40-12-10-26(11-13-40)41-18-30(38-39-41)23-6-8-29-27(15-23)32(36-20-35-29)37-25-7-9-31(28(33)16-25)42-19-22-4-3-5-24(34)14-22/h3-9,14-16,18,20-21,26H,10-13,17,19H2,1-2H3,(H,35,36,37). The third-order valence-corrected chi connectivity index (χ3v) is 7.77. The van der Waals surface area contributed by atoms with Crippen molar-refractivity contribution in [2.24, 2.45) is 5.92 Å². The highest BCUT2D eigenvalue weighted by atomic mass is 35.5. The van der Waals surface area contributed by atoms with Gasteiger partial charge in [-0.15, -0.1) is 5.10 Å². The molecule has 0 atom stereocenters. The molecule has 0 radical (unpaired) electrons. The number of rotatable bonds is 9. The molecule has 10 heteroatoms. The van der Waals surface area contributed by atoms with E-state index in [1.54, 1.807) is 24.3 Å². The van der Waals surface area contributed by atoms with Crippen LogP contribution in [-0.2, 0) is 6.61 Å². The van der Waals surface area contributed by atoms with E-state index in [2.05, 4.69) is 44.3 Å². The minimum atomic E-state index is -0.301. The Labute approximate surface area is 249 Å². The molecule has 2 aromatic heterocycles. The third-order valence-electron chi connectivity index (χ3n) is 7.47. The molecule has 0 spiro atoms. The van der Waals surface area contributed by atoms with E-state index < -0.39 is 0 Å². The zero-order valence-electron chi connectivity index (χ0n) is 23.7. The van der Waals surface area contributed by atoms with Crippen LogP contribution >= 0.6 is 11.6 Å². The first-order valence-corrected chi connectivity index (χ1v) is 14.6. The molecule has 3 heterocycles. The zero-order chi connectivity index (χ0) is 29.1. The Morgan fingerprint density at radius 2 is 1.90 bits per heavy atom. The van der Waals surface area contributed by atoms with Crippen molar-refractivity contribution in [1.29, 1.82) is 0 Å². The van der Waals surface area contributed by atoms with Crippen molar-refractivity contribution < 1.29 is 9.13 Å². The Morgan fingerprint density at radius 1 is 1.05 bits per heavy atom. The quantitative estimate of drug-likeness (QED) is 0.194. The van der Waals surface area contributed by atoms with Crippen LogP contribution in [0.3, 0.4) is 0 Å². The molecule has 0 unspecified atom stereocenters. The first kappa shape index (κ1) is 28.1. The monoisotopic (exact) mass is 585 g/mol. The molecule has 8 nitrogen and oxygen atoms in total. The first-order valence-electron chi connectivity index (χ1n) is 14.2. The van der Waals surface area contributed by atoms with Crippen molar-refractivity contribution >= 4 is 34.0 Å². The summed E-state index contributed by atoms with van der Waals surface area (Å²) in [6.45, 7) is 8.07. The van der Waals surface area contributed by atoms with Gasteiger partial charge >= 0.3 is 0 Å². The average molecular weight is 586 g/mol. The van der Waals surface area contributed by atoms with E-state index >= 15 is 0 Å². The van der Waals surface area contributed by atoms with Crippen molar-refractivity contribution in [2.75, 3.05) is 25.0 Å². The van der Waals surface area contributed by atoms with Gasteiger partial charge in [-0.1, -0.05) is 48.9 Å². The molecule has 0 saturated carbocycles. The molecule has 0 bridgehead atoms. The second-order valence-electron chi connectivity index (χ2n) is 11.2. The fourth-order valence-electron chi connectivity index (χ4n) is 5.41. The molecular weight excluding hydrogens is 553 g/mol. The number of anilines is 2. The molecule has 42 heavy (non-hydrogen) atoms. The fourth-order valence-corrected chi connectivity index (χ4v) is 5.64. The van der Waals surface area contributed by atoms with Crippen LogP contribution in [0.1, 0.15) is 38.3 Å². The summed E-state index contributed by atoms with van der Waals surface area (Å²) in [5.74, 6) is 1.54. The molecule has 1 aliphatic heterocycles. The molecule has 1 fully saturated rings. The van der Waals surface area contributed by atoms with Crippen LogP contribution in [0.5, 0.6) is 5.75 Å². The number of piperidine rings is 1. The Balaban J connectivity index is 1.16. The van der Waals surface area contributed by atoms with E-state index in [0.29, 0.717) is 28.5 Å². The van der Waals surface area contributed by atoms with Gasteiger partial charge in [0.25, 0.3) is 0 Å². The van der Waals surface area contributed by atoms with Gasteiger partial charge in [0, 0.05) is 36.3 Å². The van der Waals surface area contributed by atoms with E-state index in [9.17, 15) is 4.39 Å². The zero-order valence-corrected chi connectivity index (χ0v) is 24.4. The van der Waals surface area contributed by atoms with Crippen molar-refractivity contribution in [2.45, 2.75) is 39.3 Å². The molecule has 3 aromatic carbocycles. The predicted molar refractivity (Wildman–Crippen MR) is 164 cm³/mol. The summed E-state index contributed by atoms with van der Waals surface area (Å²) >= 11 is 6.52. The highest BCUT2D eigenvalue weighted by Crippen LogP contribution is 2.32. The normalized spacial score (nSPS) is 14.5. The number of benzene rings is 3. The number of halogens is 2. The highest BCUT2D eigenvalue weighted by molar-refractivity contribution is 6.32. The Morgan fingerprint density at radius 3 is 2.69 bits per heavy atom.